The average molecular weight is 364 g/mol. The van der Waals surface area contributed by atoms with Gasteiger partial charge in [0.05, 0.1) is 11.8 Å². The Labute approximate surface area is 155 Å². The van der Waals surface area contributed by atoms with Gasteiger partial charge in [0.1, 0.15) is 5.76 Å². The molecule has 0 unspecified atom stereocenters. The average Bonchev–Trinajstić information content (AvgIpc) is 3.40. The molecule has 2 N–H and O–H groups in total. The van der Waals surface area contributed by atoms with E-state index in [0.717, 1.165) is 23.3 Å². The van der Waals surface area contributed by atoms with Crippen LogP contribution in [0.4, 0.5) is 0 Å². The molecule has 0 atom stereocenters. The zero-order valence-electron chi connectivity index (χ0n) is 15.0. The van der Waals surface area contributed by atoms with Crippen LogP contribution in [0.3, 0.4) is 0 Å². The molecule has 1 amide bonds. The molecule has 0 fully saturated rings. The highest BCUT2D eigenvalue weighted by Crippen LogP contribution is 2.23. The van der Waals surface area contributed by atoms with Crippen LogP contribution in [0.1, 0.15) is 23.6 Å². The number of hydrogen-bond acceptors (Lipinski definition) is 5. The standard InChI is InChI=1S/C20H20N4O3/c1-13-15(9-11-26-13)20-24-23-19(27-20)7-6-18(25)21-10-8-14-12-22-17-5-3-2-4-16(14)17/h2-5,9,11-12,22H,6-8,10H2,1H3,(H,21,25). The second-order valence-corrected chi connectivity index (χ2v) is 6.35. The van der Waals surface area contributed by atoms with E-state index in [0.29, 0.717) is 31.2 Å². The van der Waals surface area contributed by atoms with E-state index < -0.39 is 0 Å². The van der Waals surface area contributed by atoms with Crippen molar-refractivity contribution in [3.8, 4) is 11.5 Å². The van der Waals surface area contributed by atoms with Gasteiger partial charge in [-0.25, -0.2) is 0 Å². The van der Waals surface area contributed by atoms with E-state index in [4.69, 9.17) is 8.83 Å². The molecule has 0 saturated carbocycles. The molecule has 0 radical (unpaired) electrons. The van der Waals surface area contributed by atoms with E-state index in [1.165, 1.54) is 10.9 Å². The highest BCUT2D eigenvalue weighted by atomic mass is 16.4. The van der Waals surface area contributed by atoms with Crippen LogP contribution >= 0.6 is 0 Å². The normalized spacial score (nSPS) is 11.1. The van der Waals surface area contributed by atoms with Crippen molar-refractivity contribution in [2.75, 3.05) is 6.54 Å². The Kier molecular flexibility index (Phi) is 4.74. The van der Waals surface area contributed by atoms with Crippen molar-refractivity contribution in [3.63, 3.8) is 0 Å². The van der Waals surface area contributed by atoms with Crippen LogP contribution in [0.15, 0.2) is 51.6 Å². The molecule has 0 aliphatic rings. The fourth-order valence-electron chi connectivity index (χ4n) is 3.05. The topological polar surface area (TPSA) is 97.0 Å². The van der Waals surface area contributed by atoms with Crippen LogP contribution in [-0.4, -0.2) is 27.6 Å². The lowest BCUT2D eigenvalue weighted by molar-refractivity contribution is -0.121. The minimum atomic E-state index is -0.0333. The second-order valence-electron chi connectivity index (χ2n) is 6.35. The van der Waals surface area contributed by atoms with Crippen LogP contribution in [0.5, 0.6) is 0 Å². The molecule has 27 heavy (non-hydrogen) atoms. The molecule has 0 spiro atoms. The predicted octanol–water partition coefficient (Wildman–Crippen LogP) is 3.41. The van der Waals surface area contributed by atoms with Gasteiger partial charge in [0.25, 0.3) is 5.89 Å². The van der Waals surface area contributed by atoms with E-state index in [1.54, 1.807) is 12.3 Å². The number of H-pyrrole nitrogens is 1. The van der Waals surface area contributed by atoms with E-state index in [-0.39, 0.29) is 5.91 Å². The molecule has 7 nitrogen and oxygen atoms in total. The van der Waals surface area contributed by atoms with Gasteiger partial charge in [0, 0.05) is 36.5 Å². The monoisotopic (exact) mass is 364 g/mol. The van der Waals surface area contributed by atoms with Crippen molar-refractivity contribution in [1.29, 1.82) is 0 Å². The van der Waals surface area contributed by atoms with E-state index >= 15 is 0 Å². The Morgan fingerprint density at radius 3 is 2.93 bits per heavy atom. The van der Waals surface area contributed by atoms with Crippen molar-refractivity contribution in [2.24, 2.45) is 0 Å². The predicted molar refractivity (Wildman–Crippen MR) is 100 cm³/mol. The Bertz CT molecular complexity index is 1060. The second kappa shape index (κ2) is 7.49. The summed E-state index contributed by atoms with van der Waals surface area (Å²) in [5.41, 5.74) is 3.08. The quantitative estimate of drug-likeness (QED) is 0.524. The third-order valence-electron chi connectivity index (χ3n) is 4.51. The van der Waals surface area contributed by atoms with Crippen molar-refractivity contribution in [2.45, 2.75) is 26.2 Å². The summed E-state index contributed by atoms with van der Waals surface area (Å²) in [6.07, 6.45) is 5.06. The maximum Gasteiger partial charge on any atom is 0.251 e. The molecule has 0 aliphatic carbocycles. The molecule has 4 aromatic rings. The first kappa shape index (κ1) is 17.1. The Balaban J connectivity index is 1.25. The molecule has 0 bridgehead atoms. The number of carbonyl (C=O) groups excluding carboxylic acids is 1. The van der Waals surface area contributed by atoms with Gasteiger partial charge in [-0.05, 0) is 31.0 Å². The summed E-state index contributed by atoms with van der Waals surface area (Å²) in [7, 11) is 0. The van der Waals surface area contributed by atoms with Gasteiger partial charge in [0.15, 0.2) is 0 Å². The summed E-state index contributed by atoms with van der Waals surface area (Å²) in [6.45, 7) is 2.42. The minimum absolute atomic E-state index is 0.0333. The minimum Gasteiger partial charge on any atom is -0.469 e. The molecule has 138 valence electrons. The highest BCUT2D eigenvalue weighted by molar-refractivity contribution is 5.83. The zero-order valence-corrected chi connectivity index (χ0v) is 15.0. The number of amides is 1. The lowest BCUT2D eigenvalue weighted by atomic mass is 10.1. The summed E-state index contributed by atoms with van der Waals surface area (Å²) in [4.78, 5) is 15.3. The molecule has 4 rings (SSSR count). The zero-order chi connectivity index (χ0) is 18.6. The van der Waals surface area contributed by atoms with E-state index in [2.05, 4.69) is 26.6 Å². The number of aromatic amines is 1. The van der Waals surface area contributed by atoms with E-state index in [9.17, 15) is 4.79 Å². The number of aromatic nitrogens is 3. The molecular weight excluding hydrogens is 344 g/mol. The largest absolute Gasteiger partial charge is 0.469 e. The first-order chi connectivity index (χ1) is 13.2. The number of carbonyl (C=O) groups is 1. The van der Waals surface area contributed by atoms with Crippen LogP contribution in [0.25, 0.3) is 22.4 Å². The summed E-state index contributed by atoms with van der Waals surface area (Å²) < 4.78 is 10.8. The fourth-order valence-corrected chi connectivity index (χ4v) is 3.05. The van der Waals surface area contributed by atoms with Gasteiger partial charge >= 0.3 is 0 Å². The molecule has 0 saturated heterocycles. The molecule has 3 heterocycles. The third kappa shape index (κ3) is 3.76. The van der Waals surface area contributed by atoms with Gasteiger partial charge in [-0.1, -0.05) is 18.2 Å². The van der Waals surface area contributed by atoms with Crippen molar-refractivity contribution < 1.29 is 13.6 Å². The van der Waals surface area contributed by atoms with Gasteiger partial charge in [-0.2, -0.15) is 0 Å². The number of nitrogens with zero attached hydrogens (tertiary/aromatic N) is 2. The molecular formula is C20H20N4O3. The lowest BCUT2D eigenvalue weighted by Crippen LogP contribution is -2.25. The van der Waals surface area contributed by atoms with Gasteiger partial charge in [-0.15, -0.1) is 10.2 Å². The van der Waals surface area contributed by atoms with Gasteiger partial charge in [-0.3, -0.25) is 4.79 Å². The smallest absolute Gasteiger partial charge is 0.251 e. The Hall–Kier alpha value is -3.35. The Morgan fingerprint density at radius 2 is 2.07 bits per heavy atom. The number of benzene rings is 1. The summed E-state index contributed by atoms with van der Waals surface area (Å²) >= 11 is 0. The molecule has 3 aromatic heterocycles. The van der Waals surface area contributed by atoms with Crippen LogP contribution < -0.4 is 5.32 Å². The van der Waals surface area contributed by atoms with E-state index in [1.807, 2.05) is 31.3 Å². The lowest BCUT2D eigenvalue weighted by Gasteiger charge is -2.03. The van der Waals surface area contributed by atoms with Crippen molar-refractivity contribution in [1.82, 2.24) is 20.5 Å². The van der Waals surface area contributed by atoms with Crippen molar-refractivity contribution >= 4 is 16.8 Å². The van der Waals surface area contributed by atoms with Crippen LogP contribution in [-0.2, 0) is 17.6 Å². The first-order valence-electron chi connectivity index (χ1n) is 8.89. The number of aryl methyl sites for hydroxylation is 2. The number of hydrogen-bond donors (Lipinski definition) is 2. The SMILES string of the molecule is Cc1occc1-c1nnc(CCC(=O)NCCc2c[nH]c3ccccc23)o1. The molecule has 7 heteroatoms. The Morgan fingerprint density at radius 1 is 1.19 bits per heavy atom. The molecule has 1 aromatic carbocycles. The number of furan rings is 1. The molecule has 0 aliphatic heterocycles. The van der Waals surface area contributed by atoms with Crippen LogP contribution in [0.2, 0.25) is 0 Å². The summed E-state index contributed by atoms with van der Waals surface area (Å²) in [5, 5.41) is 12.1. The first-order valence-corrected chi connectivity index (χ1v) is 8.89. The van der Waals surface area contributed by atoms with Crippen molar-refractivity contribution in [3.05, 3.63) is 60.0 Å². The fraction of sp³-hybridized carbons (Fsp3) is 0.250. The summed E-state index contributed by atoms with van der Waals surface area (Å²) in [6, 6.07) is 9.92. The number of fused-ring (bicyclic) bond motifs is 1. The number of nitrogens with one attached hydrogen (secondary N) is 2. The number of para-hydroxylation sites is 1. The van der Waals surface area contributed by atoms with Gasteiger partial charge < -0.3 is 19.1 Å². The van der Waals surface area contributed by atoms with Gasteiger partial charge in [0.2, 0.25) is 11.8 Å². The highest BCUT2D eigenvalue weighted by Gasteiger charge is 2.14. The third-order valence-corrected chi connectivity index (χ3v) is 4.51. The summed E-state index contributed by atoms with van der Waals surface area (Å²) in [5.74, 6) is 1.54. The maximum atomic E-state index is 12.1. The maximum absolute atomic E-state index is 12.1. The van der Waals surface area contributed by atoms with Crippen LogP contribution in [0, 0.1) is 6.92 Å². The number of rotatable bonds is 7.